The number of sulfonamides is 1. The molecule has 21 heavy (non-hydrogen) atoms. The van der Waals surface area contributed by atoms with Gasteiger partial charge >= 0.3 is 0 Å². The highest BCUT2D eigenvalue weighted by Crippen LogP contribution is 2.25. The van der Waals surface area contributed by atoms with Gasteiger partial charge in [-0.3, -0.25) is 0 Å². The fourth-order valence-corrected chi connectivity index (χ4v) is 4.15. The van der Waals surface area contributed by atoms with Gasteiger partial charge in [0.15, 0.2) is 0 Å². The fourth-order valence-electron chi connectivity index (χ4n) is 2.38. The van der Waals surface area contributed by atoms with Crippen molar-refractivity contribution >= 4 is 21.6 Å². The molecule has 1 aromatic carbocycles. The molecule has 0 radical (unpaired) electrons. The second-order valence-electron chi connectivity index (χ2n) is 5.02. The zero-order valence-corrected chi connectivity index (χ0v) is 13.2. The minimum absolute atomic E-state index is 0.247. The summed E-state index contributed by atoms with van der Waals surface area (Å²) in [5, 5.41) is 0.425. The molecule has 1 aliphatic heterocycles. The lowest BCUT2D eigenvalue weighted by molar-refractivity contribution is 0.101. The van der Waals surface area contributed by atoms with Gasteiger partial charge in [0.1, 0.15) is 6.61 Å². The number of ether oxygens (including phenoxy) is 1. The Morgan fingerprint density at radius 2 is 2.10 bits per heavy atom. The van der Waals surface area contributed by atoms with Crippen LogP contribution in [0.4, 0.5) is 0 Å². The van der Waals surface area contributed by atoms with E-state index in [1.807, 2.05) is 0 Å². The molecule has 0 atom stereocenters. The predicted octanol–water partition coefficient (Wildman–Crippen LogP) is 2.39. The van der Waals surface area contributed by atoms with Crippen LogP contribution in [0.3, 0.4) is 0 Å². The lowest BCUT2D eigenvalue weighted by atomic mass is 9.99. The standard InChI is InChI=1S/C15H18ClNO3S/c1-2-10-20-12-13-6-8-17(9-7-13)21(18,19)15-5-3-4-14(16)11-15/h1,3-5,11,13H,6-10,12H2. The molecule has 1 fully saturated rings. The van der Waals surface area contributed by atoms with Crippen molar-refractivity contribution in [2.75, 3.05) is 26.3 Å². The summed E-state index contributed by atoms with van der Waals surface area (Å²) in [5.41, 5.74) is 0. The third kappa shape index (κ3) is 4.21. The van der Waals surface area contributed by atoms with Crippen molar-refractivity contribution < 1.29 is 13.2 Å². The Morgan fingerprint density at radius 3 is 2.71 bits per heavy atom. The molecule has 0 unspecified atom stereocenters. The molecule has 1 heterocycles. The molecule has 1 aliphatic rings. The van der Waals surface area contributed by atoms with Gasteiger partial charge in [-0.05, 0) is 37.0 Å². The monoisotopic (exact) mass is 327 g/mol. The van der Waals surface area contributed by atoms with E-state index in [0.29, 0.717) is 37.2 Å². The number of hydrogen-bond acceptors (Lipinski definition) is 3. The van der Waals surface area contributed by atoms with Crippen LogP contribution in [0.15, 0.2) is 29.2 Å². The Kier molecular flexibility index (Phi) is 5.65. The summed E-state index contributed by atoms with van der Waals surface area (Å²) in [6, 6.07) is 6.37. The van der Waals surface area contributed by atoms with Crippen LogP contribution in [0.25, 0.3) is 0 Å². The van der Waals surface area contributed by atoms with Crippen LogP contribution >= 0.6 is 11.6 Å². The minimum atomic E-state index is -3.46. The summed E-state index contributed by atoms with van der Waals surface area (Å²) in [6.07, 6.45) is 6.69. The third-order valence-electron chi connectivity index (χ3n) is 3.55. The Morgan fingerprint density at radius 1 is 1.38 bits per heavy atom. The number of rotatable bonds is 5. The highest BCUT2D eigenvalue weighted by Gasteiger charge is 2.29. The zero-order valence-electron chi connectivity index (χ0n) is 11.7. The molecule has 2 rings (SSSR count). The number of piperidine rings is 1. The van der Waals surface area contributed by atoms with E-state index >= 15 is 0 Å². The number of halogens is 1. The van der Waals surface area contributed by atoms with Gasteiger partial charge in [-0.2, -0.15) is 4.31 Å². The summed E-state index contributed by atoms with van der Waals surface area (Å²) < 4.78 is 31.9. The van der Waals surface area contributed by atoms with E-state index in [4.69, 9.17) is 22.8 Å². The first-order valence-electron chi connectivity index (χ1n) is 6.81. The zero-order chi connectivity index (χ0) is 15.3. The van der Waals surface area contributed by atoms with Crippen molar-refractivity contribution in [1.82, 2.24) is 4.31 Å². The number of hydrogen-bond donors (Lipinski definition) is 0. The van der Waals surface area contributed by atoms with Crippen LogP contribution in [0.5, 0.6) is 0 Å². The van der Waals surface area contributed by atoms with Crippen LogP contribution in [0.2, 0.25) is 5.02 Å². The van der Waals surface area contributed by atoms with E-state index in [1.54, 1.807) is 18.2 Å². The molecule has 1 saturated heterocycles. The van der Waals surface area contributed by atoms with E-state index in [2.05, 4.69) is 5.92 Å². The molecular weight excluding hydrogens is 310 g/mol. The van der Waals surface area contributed by atoms with Gasteiger partial charge in [0.25, 0.3) is 0 Å². The molecule has 4 nitrogen and oxygen atoms in total. The normalized spacial score (nSPS) is 17.5. The fraction of sp³-hybridized carbons (Fsp3) is 0.467. The average Bonchev–Trinajstić information content (AvgIpc) is 2.48. The minimum Gasteiger partial charge on any atom is -0.369 e. The topological polar surface area (TPSA) is 46.6 Å². The largest absolute Gasteiger partial charge is 0.369 e. The number of benzene rings is 1. The summed E-state index contributed by atoms with van der Waals surface area (Å²) >= 11 is 5.87. The maximum absolute atomic E-state index is 12.5. The van der Waals surface area contributed by atoms with E-state index in [1.165, 1.54) is 10.4 Å². The highest BCUT2D eigenvalue weighted by atomic mass is 35.5. The van der Waals surface area contributed by atoms with Crippen LogP contribution in [0, 0.1) is 18.3 Å². The molecule has 114 valence electrons. The maximum Gasteiger partial charge on any atom is 0.243 e. The van der Waals surface area contributed by atoms with Gasteiger partial charge in [-0.15, -0.1) is 6.42 Å². The molecule has 0 saturated carbocycles. The molecular formula is C15H18ClNO3S. The van der Waals surface area contributed by atoms with Crippen LogP contribution in [-0.4, -0.2) is 39.0 Å². The SMILES string of the molecule is C#CCOCC1CCN(S(=O)(=O)c2cccc(Cl)c2)CC1. The Balaban J connectivity index is 1.97. The first-order chi connectivity index (χ1) is 10.0. The summed E-state index contributed by atoms with van der Waals surface area (Å²) in [5.74, 6) is 2.79. The van der Waals surface area contributed by atoms with Gasteiger partial charge in [0.05, 0.1) is 11.5 Å². The van der Waals surface area contributed by atoms with Crippen molar-refractivity contribution in [1.29, 1.82) is 0 Å². The van der Waals surface area contributed by atoms with E-state index in [9.17, 15) is 8.42 Å². The van der Waals surface area contributed by atoms with Gasteiger partial charge in [0, 0.05) is 18.1 Å². The second kappa shape index (κ2) is 7.28. The van der Waals surface area contributed by atoms with Gasteiger partial charge in [0.2, 0.25) is 10.0 Å². The maximum atomic E-state index is 12.5. The number of terminal acetylenes is 1. The lowest BCUT2D eigenvalue weighted by Crippen LogP contribution is -2.39. The summed E-state index contributed by atoms with van der Waals surface area (Å²) in [4.78, 5) is 0.247. The van der Waals surface area contributed by atoms with Crippen molar-refractivity contribution in [3.05, 3.63) is 29.3 Å². The molecule has 0 aromatic heterocycles. The average molecular weight is 328 g/mol. The lowest BCUT2D eigenvalue weighted by Gasteiger charge is -2.31. The van der Waals surface area contributed by atoms with E-state index in [-0.39, 0.29) is 4.90 Å². The second-order valence-corrected chi connectivity index (χ2v) is 7.40. The van der Waals surface area contributed by atoms with E-state index in [0.717, 1.165) is 12.8 Å². The quantitative estimate of drug-likeness (QED) is 0.616. The molecule has 6 heteroatoms. The summed E-state index contributed by atoms with van der Waals surface area (Å²) in [7, 11) is -3.46. The Labute approximate surface area is 131 Å². The predicted molar refractivity (Wildman–Crippen MR) is 82.6 cm³/mol. The third-order valence-corrected chi connectivity index (χ3v) is 5.68. The Hall–Kier alpha value is -1.06. The molecule has 1 aromatic rings. The van der Waals surface area contributed by atoms with Crippen LogP contribution in [0.1, 0.15) is 12.8 Å². The molecule has 0 aliphatic carbocycles. The van der Waals surface area contributed by atoms with Crippen molar-refractivity contribution in [3.63, 3.8) is 0 Å². The van der Waals surface area contributed by atoms with Gasteiger partial charge in [-0.25, -0.2) is 8.42 Å². The van der Waals surface area contributed by atoms with Crippen molar-refractivity contribution in [2.45, 2.75) is 17.7 Å². The summed E-state index contributed by atoms with van der Waals surface area (Å²) in [6.45, 7) is 1.90. The van der Waals surface area contributed by atoms with Crippen molar-refractivity contribution in [3.8, 4) is 12.3 Å². The number of nitrogens with zero attached hydrogens (tertiary/aromatic N) is 1. The highest BCUT2D eigenvalue weighted by molar-refractivity contribution is 7.89. The smallest absolute Gasteiger partial charge is 0.243 e. The van der Waals surface area contributed by atoms with Crippen molar-refractivity contribution in [2.24, 2.45) is 5.92 Å². The van der Waals surface area contributed by atoms with Crippen LogP contribution in [-0.2, 0) is 14.8 Å². The van der Waals surface area contributed by atoms with Gasteiger partial charge < -0.3 is 4.74 Å². The first-order valence-corrected chi connectivity index (χ1v) is 8.63. The van der Waals surface area contributed by atoms with E-state index < -0.39 is 10.0 Å². The molecule has 0 amide bonds. The molecule has 0 N–H and O–H groups in total. The Bertz CT molecular complexity index is 616. The molecule has 0 bridgehead atoms. The van der Waals surface area contributed by atoms with Crippen LogP contribution < -0.4 is 0 Å². The van der Waals surface area contributed by atoms with Gasteiger partial charge in [-0.1, -0.05) is 23.6 Å². The first kappa shape index (κ1) is 16.3. The molecule has 0 spiro atoms.